The van der Waals surface area contributed by atoms with Crippen LogP contribution in [0, 0.1) is 6.92 Å². The average Bonchev–Trinajstić information content (AvgIpc) is 3.17. The van der Waals surface area contributed by atoms with E-state index in [-0.39, 0.29) is 10.8 Å². The molecule has 2 aliphatic carbocycles. The van der Waals surface area contributed by atoms with Gasteiger partial charge < -0.3 is 0 Å². The Kier molecular flexibility index (Phi) is 3.38. The lowest BCUT2D eigenvalue weighted by Gasteiger charge is -2.31. The van der Waals surface area contributed by atoms with Gasteiger partial charge in [0.2, 0.25) is 0 Å². The maximum absolute atomic E-state index is 2.42. The summed E-state index contributed by atoms with van der Waals surface area (Å²) in [5.74, 6) is 0. The Hall–Kier alpha value is -3.12. The number of hydrogen-bond donors (Lipinski definition) is 0. The van der Waals surface area contributed by atoms with Crippen molar-refractivity contribution in [2.24, 2.45) is 0 Å². The van der Waals surface area contributed by atoms with Gasteiger partial charge in [-0.1, -0.05) is 98.8 Å². The largest absolute Gasteiger partial charge is 0.0619 e. The molecular weight excluding hydrogens is 360 g/mol. The minimum absolute atomic E-state index is 0.0139. The first kappa shape index (κ1) is 17.7. The molecule has 0 aliphatic heterocycles. The van der Waals surface area contributed by atoms with Crippen LogP contribution >= 0.6 is 0 Å². The predicted octanol–water partition coefficient (Wildman–Crippen LogP) is 7.64. The second-order valence-corrected chi connectivity index (χ2v) is 9.57. The highest BCUT2D eigenvalue weighted by atomic mass is 14.5. The topological polar surface area (TPSA) is 0 Å². The first-order valence-corrected chi connectivity index (χ1v) is 10.9. The smallest absolute Gasteiger partial charge is 0.0441 e. The van der Waals surface area contributed by atoms with Gasteiger partial charge in [0, 0.05) is 10.8 Å². The van der Waals surface area contributed by atoms with Gasteiger partial charge in [-0.25, -0.2) is 0 Å². The minimum atomic E-state index is -0.167. The fourth-order valence-corrected chi connectivity index (χ4v) is 6.36. The highest BCUT2D eigenvalue weighted by Crippen LogP contribution is 2.58. The second kappa shape index (κ2) is 5.73. The fraction of sp³-hybridized carbons (Fsp3) is 0.200. The Morgan fingerprint density at radius 1 is 0.500 bits per heavy atom. The van der Waals surface area contributed by atoms with Crippen LogP contribution in [-0.4, -0.2) is 0 Å². The third kappa shape index (κ3) is 1.97. The Balaban J connectivity index is 1.75. The zero-order valence-corrected chi connectivity index (χ0v) is 18.1. The van der Waals surface area contributed by atoms with Crippen molar-refractivity contribution < 1.29 is 0 Å². The van der Waals surface area contributed by atoms with Gasteiger partial charge >= 0.3 is 0 Å². The zero-order valence-electron chi connectivity index (χ0n) is 18.1. The molecule has 0 bridgehead atoms. The number of benzene rings is 4. The van der Waals surface area contributed by atoms with Crippen molar-refractivity contribution in [1.29, 1.82) is 0 Å². The quantitative estimate of drug-likeness (QED) is 0.315. The molecule has 0 heteroatoms. The lowest BCUT2D eigenvalue weighted by Crippen LogP contribution is -2.24. The number of fused-ring (bicyclic) bond motifs is 6. The molecule has 4 aromatic rings. The third-order valence-corrected chi connectivity index (χ3v) is 7.67. The van der Waals surface area contributed by atoms with Gasteiger partial charge in [-0.3, -0.25) is 0 Å². The molecule has 0 amide bonds. The molecule has 0 unspecified atom stereocenters. The maximum Gasteiger partial charge on any atom is 0.0441 e. The molecule has 0 aromatic heterocycles. The average molecular weight is 387 g/mol. The van der Waals surface area contributed by atoms with Crippen LogP contribution in [0.4, 0.5) is 0 Å². The first-order chi connectivity index (χ1) is 14.5. The molecule has 0 saturated carbocycles. The molecule has 0 fully saturated rings. The molecule has 6 rings (SSSR count). The minimum Gasteiger partial charge on any atom is -0.0619 e. The molecule has 0 radical (unpaired) electrons. The van der Waals surface area contributed by atoms with Crippen LogP contribution in [0.3, 0.4) is 0 Å². The molecule has 0 spiro atoms. The molecule has 4 aromatic carbocycles. The van der Waals surface area contributed by atoms with Gasteiger partial charge in [0.05, 0.1) is 0 Å². The van der Waals surface area contributed by atoms with E-state index in [2.05, 4.69) is 113 Å². The Morgan fingerprint density at radius 3 is 1.67 bits per heavy atom. The maximum atomic E-state index is 2.42. The van der Waals surface area contributed by atoms with Crippen LogP contribution in [-0.2, 0) is 10.8 Å². The molecule has 0 saturated heterocycles. The van der Waals surface area contributed by atoms with Crippen molar-refractivity contribution in [2.75, 3.05) is 0 Å². The summed E-state index contributed by atoms with van der Waals surface area (Å²) in [7, 11) is 0. The summed E-state index contributed by atoms with van der Waals surface area (Å²) in [6, 6.07) is 31.7. The summed E-state index contributed by atoms with van der Waals surface area (Å²) >= 11 is 0. The van der Waals surface area contributed by atoms with E-state index in [0.717, 1.165) is 0 Å². The Bertz CT molecular complexity index is 1290. The molecule has 0 atom stereocenters. The molecule has 2 aliphatic rings. The van der Waals surface area contributed by atoms with Crippen molar-refractivity contribution in [3.8, 4) is 22.3 Å². The first-order valence-electron chi connectivity index (χ1n) is 10.9. The molecule has 30 heavy (non-hydrogen) atoms. The van der Waals surface area contributed by atoms with Crippen LogP contribution < -0.4 is 0 Å². The van der Waals surface area contributed by atoms with Gasteiger partial charge in [0.1, 0.15) is 0 Å². The lowest BCUT2D eigenvalue weighted by atomic mass is 9.71. The van der Waals surface area contributed by atoms with E-state index in [4.69, 9.17) is 0 Å². The van der Waals surface area contributed by atoms with Crippen molar-refractivity contribution in [3.05, 3.63) is 118 Å². The van der Waals surface area contributed by atoms with E-state index < -0.39 is 0 Å². The predicted molar refractivity (Wildman–Crippen MR) is 126 cm³/mol. The van der Waals surface area contributed by atoms with Gasteiger partial charge in [0.15, 0.2) is 0 Å². The van der Waals surface area contributed by atoms with E-state index in [1.54, 1.807) is 0 Å². The Morgan fingerprint density at radius 2 is 1.00 bits per heavy atom. The van der Waals surface area contributed by atoms with Crippen LogP contribution in [0.25, 0.3) is 22.3 Å². The molecule has 0 nitrogen and oxygen atoms in total. The van der Waals surface area contributed by atoms with E-state index in [1.807, 2.05) is 0 Å². The van der Waals surface area contributed by atoms with E-state index in [9.17, 15) is 0 Å². The molecule has 146 valence electrons. The Labute approximate surface area is 179 Å². The second-order valence-electron chi connectivity index (χ2n) is 9.57. The van der Waals surface area contributed by atoms with Crippen LogP contribution in [0.15, 0.2) is 84.9 Å². The third-order valence-electron chi connectivity index (χ3n) is 7.67. The van der Waals surface area contributed by atoms with Crippen LogP contribution in [0.5, 0.6) is 0 Å². The number of hydrogen-bond acceptors (Lipinski definition) is 0. The summed E-state index contributed by atoms with van der Waals surface area (Å²) in [4.78, 5) is 0. The van der Waals surface area contributed by atoms with Crippen molar-refractivity contribution >= 4 is 0 Å². The summed E-state index contributed by atoms with van der Waals surface area (Å²) < 4.78 is 0. The number of aryl methyl sites for hydroxylation is 1. The normalized spacial score (nSPS) is 16.5. The molecule has 0 N–H and O–H groups in total. The van der Waals surface area contributed by atoms with Gasteiger partial charge in [-0.2, -0.15) is 0 Å². The van der Waals surface area contributed by atoms with Gasteiger partial charge in [0.25, 0.3) is 0 Å². The lowest BCUT2D eigenvalue weighted by molar-refractivity contribution is 0.652. The van der Waals surface area contributed by atoms with E-state index in [1.165, 1.54) is 55.6 Å². The number of rotatable bonds is 1. The van der Waals surface area contributed by atoms with Crippen LogP contribution in [0.1, 0.15) is 54.2 Å². The van der Waals surface area contributed by atoms with Gasteiger partial charge in [-0.15, -0.1) is 0 Å². The molecular formula is C30H26. The van der Waals surface area contributed by atoms with Crippen molar-refractivity contribution in [2.45, 2.75) is 38.5 Å². The molecule has 0 heterocycles. The van der Waals surface area contributed by atoms with Crippen molar-refractivity contribution in [3.63, 3.8) is 0 Å². The highest BCUT2D eigenvalue weighted by Gasteiger charge is 2.45. The van der Waals surface area contributed by atoms with Gasteiger partial charge in [-0.05, 0) is 69.5 Å². The standard InChI is InChI=1S/C30H26/c1-19-11-9-14-22-27-25(29(2,3)28(19)22)17-10-18-26(27)30(4)23-15-7-5-12-20(23)21-13-6-8-16-24(21)30/h5-18H,1-4H3. The SMILES string of the molecule is Cc1cccc2c1C(C)(C)c1cccc(C3(C)c4ccccc4-c4ccccc43)c1-2. The summed E-state index contributed by atoms with van der Waals surface area (Å²) in [6.45, 7) is 9.45. The summed E-state index contributed by atoms with van der Waals surface area (Å²) in [5, 5.41) is 0. The van der Waals surface area contributed by atoms with E-state index >= 15 is 0 Å². The van der Waals surface area contributed by atoms with Crippen molar-refractivity contribution in [1.82, 2.24) is 0 Å². The zero-order chi connectivity index (χ0) is 20.7. The van der Waals surface area contributed by atoms with Crippen LogP contribution in [0.2, 0.25) is 0 Å². The monoisotopic (exact) mass is 386 g/mol. The summed E-state index contributed by atoms with van der Waals surface area (Å²) in [6.07, 6.45) is 0. The fourth-order valence-electron chi connectivity index (χ4n) is 6.36. The van der Waals surface area contributed by atoms with E-state index in [0.29, 0.717) is 0 Å². The highest BCUT2D eigenvalue weighted by molar-refractivity contribution is 5.90. The summed E-state index contributed by atoms with van der Waals surface area (Å²) in [5.41, 5.74) is 14.0.